The number of carbonyl (C=O) groups excluding carboxylic acids is 1. The molecule has 0 bridgehead atoms. The second-order valence-electron chi connectivity index (χ2n) is 3.58. The Hall–Kier alpha value is -0.880. The lowest BCUT2D eigenvalue weighted by atomic mass is 10.2. The molecule has 1 unspecified atom stereocenters. The van der Waals surface area contributed by atoms with Crippen LogP contribution in [0.4, 0.5) is 0 Å². The number of halogens is 2. The number of hydrogen-bond acceptors (Lipinski definition) is 4. The van der Waals surface area contributed by atoms with Crippen LogP contribution in [-0.2, 0) is 16.1 Å². The van der Waals surface area contributed by atoms with Crippen molar-refractivity contribution in [2.24, 2.45) is 5.73 Å². The average Bonchev–Trinajstić information content (AvgIpc) is 2.29. The van der Waals surface area contributed by atoms with Crippen molar-refractivity contribution in [1.29, 1.82) is 0 Å². The van der Waals surface area contributed by atoms with Gasteiger partial charge in [-0.2, -0.15) is 0 Å². The number of likely N-dealkylation sites (N-methyl/N-ethyl adjacent to an activating group) is 1. The molecule has 1 amide bonds. The number of pyridine rings is 1. The molecular weight excluding hydrogens is 277 g/mol. The molecule has 0 aliphatic carbocycles. The van der Waals surface area contributed by atoms with Crippen molar-refractivity contribution in [2.45, 2.75) is 12.6 Å². The minimum Gasteiger partial charge on any atom is -0.383 e. The lowest BCUT2D eigenvalue weighted by molar-refractivity contribution is -0.133. The highest BCUT2D eigenvalue weighted by atomic mass is 35.5. The van der Waals surface area contributed by atoms with Gasteiger partial charge in [0.05, 0.1) is 18.8 Å². The van der Waals surface area contributed by atoms with Crippen LogP contribution < -0.4 is 5.73 Å². The molecule has 0 saturated heterocycles. The molecule has 2 N–H and O–H groups in total. The molecule has 1 heterocycles. The van der Waals surface area contributed by atoms with Gasteiger partial charge in [-0.25, -0.2) is 0 Å². The summed E-state index contributed by atoms with van der Waals surface area (Å²) in [4.78, 5) is 17.4. The third-order valence-corrected chi connectivity index (χ3v) is 2.16. The van der Waals surface area contributed by atoms with Gasteiger partial charge in [-0.1, -0.05) is 6.07 Å². The Labute approximate surface area is 120 Å². The van der Waals surface area contributed by atoms with Crippen molar-refractivity contribution in [1.82, 2.24) is 9.88 Å². The van der Waals surface area contributed by atoms with E-state index >= 15 is 0 Å². The summed E-state index contributed by atoms with van der Waals surface area (Å²) in [5.41, 5.74) is 6.48. The van der Waals surface area contributed by atoms with E-state index in [0.29, 0.717) is 6.54 Å². The Balaban J connectivity index is 0. The number of rotatable bonds is 5. The summed E-state index contributed by atoms with van der Waals surface area (Å²) in [6.45, 7) is 0.683. The molecule has 104 valence electrons. The highest BCUT2D eigenvalue weighted by Crippen LogP contribution is 2.00. The fourth-order valence-electron chi connectivity index (χ4n) is 1.35. The zero-order chi connectivity index (χ0) is 12.0. The Morgan fingerprint density at radius 1 is 1.50 bits per heavy atom. The summed E-state index contributed by atoms with van der Waals surface area (Å²) in [6, 6.07) is 4.97. The quantitative estimate of drug-likeness (QED) is 0.875. The molecule has 1 atom stereocenters. The SMILES string of the molecule is COCC(N)C(=O)N(C)Cc1ccccn1.Cl.Cl. The smallest absolute Gasteiger partial charge is 0.241 e. The molecule has 0 spiro atoms. The van der Waals surface area contributed by atoms with Gasteiger partial charge in [0.2, 0.25) is 5.91 Å². The highest BCUT2D eigenvalue weighted by molar-refractivity contribution is 5.85. The van der Waals surface area contributed by atoms with E-state index in [1.807, 2.05) is 18.2 Å². The van der Waals surface area contributed by atoms with E-state index in [-0.39, 0.29) is 37.3 Å². The molecule has 0 aliphatic heterocycles. The number of methoxy groups -OCH3 is 1. The zero-order valence-corrected chi connectivity index (χ0v) is 12.0. The van der Waals surface area contributed by atoms with E-state index in [9.17, 15) is 4.79 Å². The van der Waals surface area contributed by atoms with Gasteiger partial charge in [0.1, 0.15) is 6.04 Å². The number of aromatic nitrogens is 1. The standard InChI is InChI=1S/C11H17N3O2.2ClH/c1-14(11(15)10(12)8-16-2)7-9-5-3-4-6-13-9;;/h3-6,10H,7-8,12H2,1-2H3;2*1H. The van der Waals surface area contributed by atoms with E-state index in [1.54, 1.807) is 18.1 Å². The molecule has 0 fully saturated rings. The normalized spacial score (nSPS) is 10.8. The largest absolute Gasteiger partial charge is 0.383 e. The first kappa shape index (κ1) is 19.5. The molecular formula is C11H19Cl2N3O2. The van der Waals surface area contributed by atoms with Crippen LogP contribution in [0.5, 0.6) is 0 Å². The maximum absolute atomic E-state index is 11.7. The van der Waals surface area contributed by atoms with Crippen molar-refractivity contribution in [3.63, 3.8) is 0 Å². The number of amides is 1. The average molecular weight is 296 g/mol. The Morgan fingerprint density at radius 3 is 2.67 bits per heavy atom. The van der Waals surface area contributed by atoms with Crippen LogP contribution in [0.2, 0.25) is 0 Å². The maximum Gasteiger partial charge on any atom is 0.241 e. The summed E-state index contributed by atoms with van der Waals surface area (Å²) in [5, 5.41) is 0. The monoisotopic (exact) mass is 295 g/mol. The summed E-state index contributed by atoms with van der Waals surface area (Å²) >= 11 is 0. The van der Waals surface area contributed by atoms with E-state index in [4.69, 9.17) is 10.5 Å². The second-order valence-corrected chi connectivity index (χ2v) is 3.58. The van der Waals surface area contributed by atoms with E-state index < -0.39 is 6.04 Å². The first-order valence-corrected chi connectivity index (χ1v) is 5.04. The number of nitrogens with zero attached hydrogens (tertiary/aromatic N) is 2. The lowest BCUT2D eigenvalue weighted by Crippen LogP contribution is -2.44. The highest BCUT2D eigenvalue weighted by Gasteiger charge is 2.17. The number of hydrogen-bond donors (Lipinski definition) is 1. The molecule has 1 aromatic rings. The molecule has 1 rings (SSSR count). The van der Waals surface area contributed by atoms with E-state index in [2.05, 4.69) is 4.98 Å². The summed E-state index contributed by atoms with van der Waals surface area (Å²) in [5.74, 6) is -0.146. The van der Waals surface area contributed by atoms with Crippen LogP contribution in [0.3, 0.4) is 0 Å². The summed E-state index contributed by atoms with van der Waals surface area (Å²) in [7, 11) is 3.22. The van der Waals surface area contributed by atoms with Crippen LogP contribution in [-0.4, -0.2) is 42.6 Å². The molecule has 1 aromatic heterocycles. The van der Waals surface area contributed by atoms with E-state index in [0.717, 1.165) is 5.69 Å². The molecule has 0 radical (unpaired) electrons. The zero-order valence-electron chi connectivity index (χ0n) is 10.4. The fraction of sp³-hybridized carbons (Fsp3) is 0.455. The lowest BCUT2D eigenvalue weighted by Gasteiger charge is -2.20. The van der Waals surface area contributed by atoms with Crippen molar-refractivity contribution in [3.05, 3.63) is 30.1 Å². The minimum absolute atomic E-state index is 0. The molecule has 5 nitrogen and oxygen atoms in total. The van der Waals surface area contributed by atoms with E-state index in [1.165, 1.54) is 7.11 Å². The van der Waals surface area contributed by atoms with Gasteiger partial charge in [0.25, 0.3) is 0 Å². The second kappa shape index (κ2) is 10.1. The van der Waals surface area contributed by atoms with Crippen molar-refractivity contribution in [3.8, 4) is 0 Å². The molecule has 7 heteroatoms. The third-order valence-electron chi connectivity index (χ3n) is 2.16. The van der Waals surface area contributed by atoms with Gasteiger partial charge in [-0.3, -0.25) is 9.78 Å². The molecule has 0 aliphatic rings. The third kappa shape index (κ3) is 6.16. The first-order chi connectivity index (χ1) is 7.65. The van der Waals surface area contributed by atoms with Gasteiger partial charge in [-0.15, -0.1) is 24.8 Å². The molecule has 0 aromatic carbocycles. The van der Waals surface area contributed by atoms with Crippen LogP contribution in [0.25, 0.3) is 0 Å². The number of ether oxygens (including phenoxy) is 1. The van der Waals surface area contributed by atoms with Gasteiger partial charge >= 0.3 is 0 Å². The predicted octanol–water partition coefficient (Wildman–Crippen LogP) is 0.857. The number of nitrogens with two attached hydrogens (primary N) is 1. The van der Waals surface area contributed by atoms with Crippen molar-refractivity contribution >= 4 is 30.7 Å². The first-order valence-electron chi connectivity index (χ1n) is 5.04. The fourth-order valence-corrected chi connectivity index (χ4v) is 1.35. The van der Waals surface area contributed by atoms with Gasteiger partial charge in [0, 0.05) is 20.4 Å². The summed E-state index contributed by atoms with van der Waals surface area (Å²) < 4.78 is 4.84. The van der Waals surface area contributed by atoms with Crippen molar-refractivity contribution < 1.29 is 9.53 Å². The van der Waals surface area contributed by atoms with Crippen LogP contribution in [0.15, 0.2) is 24.4 Å². The maximum atomic E-state index is 11.7. The van der Waals surface area contributed by atoms with Gasteiger partial charge < -0.3 is 15.4 Å². The summed E-state index contributed by atoms with van der Waals surface area (Å²) in [6.07, 6.45) is 1.70. The molecule has 0 saturated carbocycles. The van der Waals surface area contributed by atoms with Crippen LogP contribution in [0.1, 0.15) is 5.69 Å². The van der Waals surface area contributed by atoms with Crippen LogP contribution in [0, 0.1) is 0 Å². The Bertz CT molecular complexity index is 338. The van der Waals surface area contributed by atoms with Crippen LogP contribution >= 0.6 is 24.8 Å². The van der Waals surface area contributed by atoms with Gasteiger partial charge in [0.15, 0.2) is 0 Å². The molecule has 18 heavy (non-hydrogen) atoms. The minimum atomic E-state index is -0.612. The topological polar surface area (TPSA) is 68.5 Å². The van der Waals surface area contributed by atoms with Gasteiger partial charge in [-0.05, 0) is 12.1 Å². The van der Waals surface area contributed by atoms with Crippen molar-refractivity contribution in [2.75, 3.05) is 20.8 Å². The number of carbonyl (C=O) groups is 1. The Morgan fingerprint density at radius 2 is 2.17 bits per heavy atom. The predicted molar refractivity (Wildman–Crippen MR) is 75.1 cm³/mol. The Kier molecular flexibility index (Phi) is 10.9.